The average molecular weight is 324 g/mol. The van der Waals surface area contributed by atoms with Crippen LogP contribution in [0.15, 0.2) is 12.2 Å². The van der Waals surface area contributed by atoms with Crippen LogP contribution in [-0.4, -0.2) is 23.7 Å². The van der Waals surface area contributed by atoms with Crippen molar-refractivity contribution in [3.63, 3.8) is 0 Å². The molecule has 1 rings (SSSR count). The van der Waals surface area contributed by atoms with Crippen LogP contribution in [0.25, 0.3) is 0 Å². The van der Waals surface area contributed by atoms with Gasteiger partial charge in [0.15, 0.2) is 0 Å². The Bertz CT molecular complexity index is 376. The molecule has 4 heteroatoms. The van der Waals surface area contributed by atoms with E-state index in [9.17, 15) is 14.7 Å². The van der Waals surface area contributed by atoms with E-state index in [0.717, 1.165) is 38.5 Å². The van der Waals surface area contributed by atoms with Crippen molar-refractivity contribution < 1.29 is 19.4 Å². The van der Waals surface area contributed by atoms with Crippen LogP contribution in [0.1, 0.15) is 77.6 Å². The highest BCUT2D eigenvalue weighted by molar-refractivity contribution is 5.81. The Hall–Kier alpha value is -1.32. The molecule has 23 heavy (non-hydrogen) atoms. The number of carbonyl (C=O) groups excluding carboxylic acids is 1. The first-order valence-electron chi connectivity index (χ1n) is 9.21. The van der Waals surface area contributed by atoms with Gasteiger partial charge in [-0.15, -0.1) is 0 Å². The lowest BCUT2D eigenvalue weighted by molar-refractivity contribution is -0.159. The Labute approximate surface area is 140 Å². The highest BCUT2D eigenvalue weighted by atomic mass is 16.5. The van der Waals surface area contributed by atoms with Crippen molar-refractivity contribution >= 4 is 11.9 Å². The number of carbonyl (C=O) groups is 2. The third-order valence-corrected chi connectivity index (χ3v) is 4.54. The smallest absolute Gasteiger partial charge is 0.309 e. The first kappa shape index (κ1) is 19.7. The Kier molecular flexibility index (Phi) is 10.4. The van der Waals surface area contributed by atoms with E-state index >= 15 is 0 Å². The number of esters is 1. The monoisotopic (exact) mass is 324 g/mol. The van der Waals surface area contributed by atoms with Gasteiger partial charge in [0.2, 0.25) is 0 Å². The molecule has 132 valence electrons. The summed E-state index contributed by atoms with van der Waals surface area (Å²) in [6, 6.07) is 0. The van der Waals surface area contributed by atoms with Gasteiger partial charge in [0.05, 0.1) is 18.4 Å². The molecule has 4 nitrogen and oxygen atoms in total. The number of ether oxygens (including phenoxy) is 1. The second-order valence-corrected chi connectivity index (χ2v) is 6.47. The molecule has 0 bridgehead atoms. The molecule has 0 saturated heterocycles. The van der Waals surface area contributed by atoms with Crippen LogP contribution in [0.5, 0.6) is 0 Å². The van der Waals surface area contributed by atoms with E-state index in [4.69, 9.17) is 4.74 Å². The molecule has 1 aliphatic rings. The molecule has 0 aliphatic heterocycles. The van der Waals surface area contributed by atoms with Gasteiger partial charge in [-0.25, -0.2) is 0 Å². The van der Waals surface area contributed by atoms with Gasteiger partial charge in [-0.1, -0.05) is 44.8 Å². The number of unbranched alkanes of at least 4 members (excludes halogenated alkanes) is 5. The first-order chi connectivity index (χ1) is 11.2. The maximum Gasteiger partial charge on any atom is 0.309 e. The average Bonchev–Trinajstić information content (AvgIpc) is 2.56. The van der Waals surface area contributed by atoms with Crippen molar-refractivity contribution in [1.29, 1.82) is 0 Å². The van der Waals surface area contributed by atoms with Crippen molar-refractivity contribution in [2.75, 3.05) is 6.61 Å². The Morgan fingerprint density at radius 3 is 2.30 bits per heavy atom. The number of carboxylic acids is 1. The standard InChI is InChI=1S/C19H32O4/c1-2-3-4-5-6-7-8-9-12-15-23-19(22)17-14-11-10-13-16(17)18(20)21/h5-6,16-17H,2-4,7-15H2,1H3,(H,20,21)/b6-5+. The number of hydrogen-bond donors (Lipinski definition) is 1. The quantitative estimate of drug-likeness (QED) is 0.339. The molecule has 1 N–H and O–H groups in total. The van der Waals surface area contributed by atoms with E-state index < -0.39 is 17.8 Å². The van der Waals surface area contributed by atoms with Gasteiger partial charge in [-0.05, 0) is 44.9 Å². The minimum atomic E-state index is -0.860. The van der Waals surface area contributed by atoms with Crippen LogP contribution in [0.2, 0.25) is 0 Å². The Balaban J connectivity index is 2.09. The van der Waals surface area contributed by atoms with Crippen molar-refractivity contribution in [3.8, 4) is 0 Å². The minimum Gasteiger partial charge on any atom is -0.481 e. The number of hydrogen-bond acceptors (Lipinski definition) is 3. The van der Waals surface area contributed by atoms with E-state index in [1.165, 1.54) is 19.3 Å². The molecule has 0 amide bonds. The van der Waals surface area contributed by atoms with E-state index in [1.54, 1.807) is 0 Å². The number of aliphatic carboxylic acids is 1. The maximum absolute atomic E-state index is 12.1. The second-order valence-electron chi connectivity index (χ2n) is 6.47. The fourth-order valence-corrected chi connectivity index (χ4v) is 3.09. The van der Waals surface area contributed by atoms with Gasteiger partial charge in [0.1, 0.15) is 0 Å². The lowest BCUT2D eigenvalue weighted by atomic mass is 9.79. The molecule has 0 radical (unpaired) electrons. The summed E-state index contributed by atoms with van der Waals surface area (Å²) in [5.41, 5.74) is 0. The SMILES string of the molecule is CCCC/C=C/CCCCCOC(=O)C1CCCCC1C(=O)O. The van der Waals surface area contributed by atoms with Crippen LogP contribution in [0.3, 0.4) is 0 Å². The lowest BCUT2D eigenvalue weighted by Crippen LogP contribution is -2.33. The summed E-state index contributed by atoms with van der Waals surface area (Å²) in [5.74, 6) is -2.16. The lowest BCUT2D eigenvalue weighted by Gasteiger charge is -2.26. The molecule has 2 atom stereocenters. The van der Waals surface area contributed by atoms with Crippen LogP contribution in [-0.2, 0) is 14.3 Å². The molecule has 0 aromatic carbocycles. The minimum absolute atomic E-state index is 0.309. The van der Waals surface area contributed by atoms with Gasteiger partial charge in [-0.3, -0.25) is 9.59 Å². The third kappa shape index (κ3) is 8.19. The van der Waals surface area contributed by atoms with E-state index in [1.807, 2.05) is 0 Å². The fourth-order valence-electron chi connectivity index (χ4n) is 3.09. The van der Waals surface area contributed by atoms with E-state index in [0.29, 0.717) is 19.4 Å². The molecule has 2 unspecified atom stereocenters. The van der Waals surface area contributed by atoms with Crippen molar-refractivity contribution in [3.05, 3.63) is 12.2 Å². The third-order valence-electron chi connectivity index (χ3n) is 4.54. The predicted octanol–water partition coefficient (Wildman–Crippen LogP) is 4.73. The van der Waals surface area contributed by atoms with Crippen molar-refractivity contribution in [2.45, 2.75) is 77.6 Å². The van der Waals surface area contributed by atoms with Crippen LogP contribution in [0.4, 0.5) is 0 Å². The summed E-state index contributed by atoms with van der Waals surface area (Å²) in [5, 5.41) is 9.19. The zero-order chi connectivity index (χ0) is 16.9. The molecule has 1 fully saturated rings. The predicted molar refractivity (Wildman–Crippen MR) is 91.2 cm³/mol. The summed E-state index contributed by atoms with van der Waals surface area (Å²) in [6.45, 7) is 2.61. The molecule has 0 heterocycles. The molecule has 1 saturated carbocycles. The number of carboxylic acid groups (broad SMARTS) is 1. The van der Waals surface area contributed by atoms with Crippen LogP contribution >= 0.6 is 0 Å². The Morgan fingerprint density at radius 2 is 1.65 bits per heavy atom. The normalized spacial score (nSPS) is 21.4. The molecule has 0 aromatic rings. The van der Waals surface area contributed by atoms with Gasteiger partial charge >= 0.3 is 11.9 Å². The number of allylic oxidation sites excluding steroid dienone is 2. The van der Waals surface area contributed by atoms with Gasteiger partial charge < -0.3 is 9.84 Å². The van der Waals surface area contributed by atoms with Crippen molar-refractivity contribution in [2.24, 2.45) is 11.8 Å². The van der Waals surface area contributed by atoms with Crippen molar-refractivity contribution in [1.82, 2.24) is 0 Å². The number of rotatable bonds is 11. The molecular formula is C19H32O4. The molecule has 1 aliphatic carbocycles. The van der Waals surface area contributed by atoms with Crippen LogP contribution < -0.4 is 0 Å². The fraction of sp³-hybridized carbons (Fsp3) is 0.789. The summed E-state index contributed by atoms with van der Waals surface area (Å²) < 4.78 is 5.30. The highest BCUT2D eigenvalue weighted by Gasteiger charge is 2.36. The molecular weight excluding hydrogens is 292 g/mol. The Morgan fingerprint density at radius 1 is 1.00 bits per heavy atom. The van der Waals surface area contributed by atoms with Crippen LogP contribution in [0, 0.1) is 11.8 Å². The second kappa shape index (κ2) is 12.1. The maximum atomic E-state index is 12.1. The summed E-state index contributed by atoms with van der Waals surface area (Å²) >= 11 is 0. The summed E-state index contributed by atoms with van der Waals surface area (Å²) in [6.07, 6.45) is 15.3. The molecule has 0 spiro atoms. The first-order valence-corrected chi connectivity index (χ1v) is 9.21. The summed E-state index contributed by atoms with van der Waals surface area (Å²) in [4.78, 5) is 23.2. The van der Waals surface area contributed by atoms with E-state index in [-0.39, 0.29) is 5.97 Å². The highest BCUT2D eigenvalue weighted by Crippen LogP contribution is 2.31. The van der Waals surface area contributed by atoms with E-state index in [2.05, 4.69) is 19.1 Å². The zero-order valence-electron chi connectivity index (χ0n) is 14.5. The van der Waals surface area contributed by atoms with Gasteiger partial charge in [0, 0.05) is 0 Å². The molecule has 0 aromatic heterocycles. The topological polar surface area (TPSA) is 63.6 Å². The van der Waals surface area contributed by atoms with Gasteiger partial charge in [0.25, 0.3) is 0 Å². The van der Waals surface area contributed by atoms with Gasteiger partial charge in [-0.2, -0.15) is 0 Å². The zero-order valence-corrected chi connectivity index (χ0v) is 14.5. The largest absolute Gasteiger partial charge is 0.481 e. The summed E-state index contributed by atoms with van der Waals surface area (Å²) in [7, 11) is 0.